The van der Waals surface area contributed by atoms with E-state index in [2.05, 4.69) is 0 Å². The van der Waals surface area contributed by atoms with Gasteiger partial charge < -0.3 is 19.6 Å². The Morgan fingerprint density at radius 1 is 1.25 bits per heavy atom. The van der Waals surface area contributed by atoms with E-state index in [4.69, 9.17) is 9.84 Å². The van der Waals surface area contributed by atoms with Crippen molar-refractivity contribution in [2.24, 2.45) is 11.3 Å². The summed E-state index contributed by atoms with van der Waals surface area (Å²) in [7, 11) is 3.31. The molecular formula is C17H28N2O5. The number of carboxylic acids is 1. The van der Waals surface area contributed by atoms with Gasteiger partial charge in [0, 0.05) is 33.9 Å². The molecule has 1 saturated heterocycles. The normalized spacial score (nSPS) is 20.3. The molecular weight excluding hydrogens is 312 g/mol. The lowest BCUT2D eigenvalue weighted by Crippen LogP contribution is -2.51. The van der Waals surface area contributed by atoms with Crippen LogP contribution in [0.2, 0.25) is 0 Å². The number of carbonyl (C=O) groups is 3. The molecule has 0 bridgehead atoms. The zero-order valence-corrected chi connectivity index (χ0v) is 14.6. The van der Waals surface area contributed by atoms with Gasteiger partial charge in [-0.3, -0.25) is 14.4 Å². The van der Waals surface area contributed by atoms with Gasteiger partial charge in [0.1, 0.15) is 0 Å². The molecule has 7 nitrogen and oxygen atoms in total. The minimum atomic E-state index is -0.792. The number of rotatable bonds is 7. The summed E-state index contributed by atoms with van der Waals surface area (Å²) in [6.07, 6.45) is 4.42. The van der Waals surface area contributed by atoms with Crippen LogP contribution in [-0.2, 0) is 19.1 Å². The van der Waals surface area contributed by atoms with E-state index in [0.29, 0.717) is 39.0 Å². The lowest BCUT2D eigenvalue weighted by molar-refractivity contribution is -0.152. The first-order valence-corrected chi connectivity index (χ1v) is 8.65. The van der Waals surface area contributed by atoms with E-state index in [1.54, 1.807) is 19.1 Å². The second kappa shape index (κ2) is 7.96. The van der Waals surface area contributed by atoms with Gasteiger partial charge in [-0.1, -0.05) is 6.42 Å². The molecule has 0 atom stereocenters. The Morgan fingerprint density at radius 2 is 1.88 bits per heavy atom. The molecule has 1 heterocycles. The molecule has 2 amide bonds. The van der Waals surface area contributed by atoms with Gasteiger partial charge in [0.15, 0.2) is 0 Å². The number of nitrogens with zero attached hydrogens (tertiary/aromatic N) is 2. The lowest BCUT2D eigenvalue weighted by atomic mass is 9.66. The highest BCUT2D eigenvalue weighted by Gasteiger charge is 2.45. The van der Waals surface area contributed by atoms with Crippen molar-refractivity contribution in [1.29, 1.82) is 0 Å². The summed E-state index contributed by atoms with van der Waals surface area (Å²) in [4.78, 5) is 39.3. The molecule has 0 spiro atoms. The van der Waals surface area contributed by atoms with Crippen molar-refractivity contribution >= 4 is 17.8 Å². The molecule has 0 aromatic carbocycles. The highest BCUT2D eigenvalue weighted by Crippen LogP contribution is 2.45. The molecule has 0 aromatic rings. The molecule has 136 valence electrons. The molecule has 2 rings (SSSR count). The largest absolute Gasteiger partial charge is 0.481 e. The van der Waals surface area contributed by atoms with E-state index in [9.17, 15) is 14.4 Å². The fraction of sp³-hybridized carbons (Fsp3) is 0.824. The van der Waals surface area contributed by atoms with Crippen LogP contribution in [0.25, 0.3) is 0 Å². The summed E-state index contributed by atoms with van der Waals surface area (Å²) in [5.41, 5.74) is -0.360. The summed E-state index contributed by atoms with van der Waals surface area (Å²) < 4.78 is 5.11. The maximum absolute atomic E-state index is 12.7. The van der Waals surface area contributed by atoms with Gasteiger partial charge in [0.05, 0.1) is 17.9 Å². The summed E-state index contributed by atoms with van der Waals surface area (Å²) in [6, 6.07) is 0. The van der Waals surface area contributed by atoms with E-state index in [-0.39, 0.29) is 29.7 Å². The van der Waals surface area contributed by atoms with E-state index < -0.39 is 5.97 Å². The smallest absolute Gasteiger partial charge is 0.306 e. The predicted molar refractivity (Wildman–Crippen MR) is 87.4 cm³/mol. The first-order chi connectivity index (χ1) is 11.4. The van der Waals surface area contributed by atoms with Crippen LogP contribution in [0, 0.1) is 11.3 Å². The van der Waals surface area contributed by atoms with Crippen molar-refractivity contribution in [2.45, 2.75) is 38.5 Å². The number of methoxy groups -OCH3 is 1. The topological polar surface area (TPSA) is 87.2 Å². The molecule has 0 radical (unpaired) electrons. The Morgan fingerprint density at radius 3 is 2.33 bits per heavy atom. The Bertz CT molecular complexity index is 481. The van der Waals surface area contributed by atoms with Gasteiger partial charge in [-0.05, 0) is 32.1 Å². The second-order valence-electron chi connectivity index (χ2n) is 7.03. The number of ether oxygens (including phenoxy) is 1. The summed E-state index contributed by atoms with van der Waals surface area (Å²) in [6.45, 7) is 1.51. The number of piperidine rings is 1. The zero-order valence-electron chi connectivity index (χ0n) is 14.6. The van der Waals surface area contributed by atoms with Crippen molar-refractivity contribution in [3.63, 3.8) is 0 Å². The third-order valence-electron chi connectivity index (χ3n) is 5.47. The summed E-state index contributed by atoms with van der Waals surface area (Å²) in [5.74, 6) is -1.23. The number of likely N-dealkylation sites (tertiary alicyclic amines) is 1. The van der Waals surface area contributed by atoms with Gasteiger partial charge in [0.25, 0.3) is 0 Å². The number of carboxylic acid groups (broad SMARTS) is 1. The van der Waals surface area contributed by atoms with Gasteiger partial charge in [-0.25, -0.2) is 0 Å². The number of carbonyl (C=O) groups excluding carboxylic acids is 2. The highest BCUT2D eigenvalue weighted by atomic mass is 16.5. The van der Waals surface area contributed by atoms with E-state index in [1.807, 2.05) is 0 Å². The number of amides is 2. The molecule has 1 saturated carbocycles. The van der Waals surface area contributed by atoms with Crippen LogP contribution in [0.5, 0.6) is 0 Å². The number of hydrogen-bond donors (Lipinski definition) is 1. The Kier molecular flexibility index (Phi) is 6.21. The fourth-order valence-corrected chi connectivity index (χ4v) is 3.63. The number of aliphatic carboxylic acids is 1. The Hall–Kier alpha value is -1.63. The summed E-state index contributed by atoms with van der Waals surface area (Å²) >= 11 is 0. The van der Waals surface area contributed by atoms with Crippen LogP contribution in [0.4, 0.5) is 0 Å². The second-order valence-corrected chi connectivity index (χ2v) is 7.03. The quantitative estimate of drug-likeness (QED) is 0.746. The van der Waals surface area contributed by atoms with Gasteiger partial charge in [-0.2, -0.15) is 0 Å². The number of hydrogen-bond acceptors (Lipinski definition) is 4. The predicted octanol–water partition coefficient (Wildman–Crippen LogP) is 0.975. The van der Waals surface area contributed by atoms with Gasteiger partial charge in [-0.15, -0.1) is 0 Å². The first kappa shape index (κ1) is 18.7. The van der Waals surface area contributed by atoms with Crippen LogP contribution in [0.1, 0.15) is 38.5 Å². The minimum Gasteiger partial charge on any atom is -0.481 e. The molecule has 0 aromatic heterocycles. The van der Waals surface area contributed by atoms with E-state index >= 15 is 0 Å². The van der Waals surface area contributed by atoms with Crippen molar-refractivity contribution < 1.29 is 24.2 Å². The molecule has 2 fully saturated rings. The summed E-state index contributed by atoms with van der Waals surface area (Å²) in [5, 5.41) is 9.01. The maximum atomic E-state index is 12.7. The van der Waals surface area contributed by atoms with Gasteiger partial charge in [0.2, 0.25) is 11.8 Å². The van der Waals surface area contributed by atoms with E-state index in [1.165, 1.54) is 4.90 Å². The average Bonchev–Trinajstić information content (AvgIpc) is 2.53. The van der Waals surface area contributed by atoms with Crippen LogP contribution in [0.15, 0.2) is 0 Å². The molecule has 7 heteroatoms. The van der Waals surface area contributed by atoms with Crippen LogP contribution < -0.4 is 0 Å². The van der Waals surface area contributed by atoms with Crippen molar-refractivity contribution in [3.8, 4) is 0 Å². The van der Waals surface area contributed by atoms with E-state index in [0.717, 1.165) is 19.3 Å². The highest BCUT2D eigenvalue weighted by molar-refractivity contribution is 5.88. The number of likely N-dealkylation sites (N-methyl/N-ethyl adjacent to an activating group) is 1. The first-order valence-electron chi connectivity index (χ1n) is 8.65. The SMILES string of the molecule is COCCC1(C(=O)N(C)CC(=O)N2CCC(C(=O)O)CC2)CCC1. The molecule has 1 aliphatic heterocycles. The standard InChI is InChI=1S/C17H28N2O5/c1-18(16(23)17(6-3-7-17)8-11-24-2)12-14(20)19-9-4-13(5-10-19)15(21)22/h13H,3-12H2,1-2H3,(H,21,22). The fourth-order valence-electron chi connectivity index (χ4n) is 3.63. The minimum absolute atomic E-state index is 0.0274. The van der Waals surface area contributed by atoms with Crippen LogP contribution in [0.3, 0.4) is 0 Å². The van der Waals surface area contributed by atoms with Crippen LogP contribution >= 0.6 is 0 Å². The average molecular weight is 340 g/mol. The zero-order chi connectivity index (χ0) is 17.7. The van der Waals surface area contributed by atoms with Crippen molar-refractivity contribution in [2.75, 3.05) is 40.4 Å². The molecule has 1 aliphatic carbocycles. The van der Waals surface area contributed by atoms with Crippen molar-refractivity contribution in [1.82, 2.24) is 9.80 Å². The molecule has 0 unspecified atom stereocenters. The third kappa shape index (κ3) is 4.06. The van der Waals surface area contributed by atoms with Gasteiger partial charge >= 0.3 is 5.97 Å². The Balaban J connectivity index is 1.85. The molecule has 1 N–H and O–H groups in total. The van der Waals surface area contributed by atoms with Crippen LogP contribution in [-0.4, -0.2) is 73.1 Å². The third-order valence-corrected chi connectivity index (χ3v) is 5.47. The van der Waals surface area contributed by atoms with Crippen molar-refractivity contribution in [3.05, 3.63) is 0 Å². The lowest BCUT2D eigenvalue weighted by Gasteiger charge is -2.43. The maximum Gasteiger partial charge on any atom is 0.306 e. The monoisotopic (exact) mass is 340 g/mol. The molecule has 2 aliphatic rings. The molecule has 24 heavy (non-hydrogen) atoms. The Labute approximate surface area is 142 Å².